The Balaban J connectivity index is 1.81. The number of carbonyl (C=O) groups excluding carboxylic acids is 7. The predicted octanol–water partition coefficient (Wildman–Crippen LogP) is 5.13. The minimum Gasteiger partial charge on any atom is -0.444 e. The summed E-state index contributed by atoms with van der Waals surface area (Å²) >= 11 is 0. The number of rotatable bonds is 22. The Bertz CT molecular complexity index is 1980. The Hall–Kier alpha value is -5.55. The van der Waals surface area contributed by atoms with Gasteiger partial charge in [0.1, 0.15) is 23.7 Å². The third-order valence-corrected chi connectivity index (χ3v) is 12.7. The van der Waals surface area contributed by atoms with Gasteiger partial charge in [-0.1, -0.05) is 103 Å². The quantitative estimate of drug-likeness (QED) is 0.115. The maximum absolute atomic E-state index is 14.6. The Labute approximate surface area is 404 Å². The second-order valence-corrected chi connectivity index (χ2v) is 19.7. The largest absolute Gasteiger partial charge is 0.444 e. The van der Waals surface area contributed by atoms with Crippen LogP contribution in [0.1, 0.15) is 111 Å². The van der Waals surface area contributed by atoms with E-state index in [1.807, 2.05) is 71.9 Å². The van der Waals surface area contributed by atoms with E-state index in [1.54, 1.807) is 74.9 Å². The van der Waals surface area contributed by atoms with Crippen molar-refractivity contribution in [1.29, 1.82) is 0 Å². The normalized spacial score (nSPS) is 17.4. The van der Waals surface area contributed by atoms with Crippen LogP contribution in [0.3, 0.4) is 0 Å². The fourth-order valence-electron chi connectivity index (χ4n) is 8.88. The van der Waals surface area contributed by atoms with E-state index in [-0.39, 0.29) is 42.4 Å². The molecule has 4 N–H and O–H groups in total. The molecule has 0 radical (unpaired) electrons. The van der Waals surface area contributed by atoms with E-state index in [4.69, 9.17) is 14.2 Å². The monoisotopic (exact) mass is 950 g/mol. The van der Waals surface area contributed by atoms with Crippen molar-refractivity contribution in [3.05, 3.63) is 71.8 Å². The van der Waals surface area contributed by atoms with E-state index in [1.165, 1.54) is 26.2 Å². The molecule has 1 saturated heterocycles. The molecule has 1 fully saturated rings. The molecule has 0 aromatic heterocycles. The summed E-state index contributed by atoms with van der Waals surface area (Å²) in [6, 6.07) is 13.5. The average molecular weight is 950 g/mol. The van der Waals surface area contributed by atoms with E-state index >= 15 is 0 Å². The van der Waals surface area contributed by atoms with Crippen molar-refractivity contribution in [1.82, 2.24) is 36.2 Å². The van der Waals surface area contributed by atoms with Crippen LogP contribution < -0.4 is 21.5 Å². The molecular weight excluding hydrogens is 871 g/mol. The second kappa shape index (κ2) is 26.3. The molecule has 2 aromatic rings. The lowest BCUT2D eigenvalue weighted by atomic mass is 9.89. The molecule has 3 rings (SSSR count). The highest BCUT2D eigenvalue weighted by atomic mass is 16.6. The van der Waals surface area contributed by atoms with Crippen LogP contribution in [0.5, 0.6) is 0 Å². The van der Waals surface area contributed by atoms with Crippen molar-refractivity contribution in [2.75, 3.05) is 34.9 Å². The molecule has 9 atom stereocenters. The van der Waals surface area contributed by atoms with Crippen molar-refractivity contribution in [3.8, 4) is 0 Å². The Kier molecular flexibility index (Phi) is 21.9. The van der Waals surface area contributed by atoms with Gasteiger partial charge in [-0.3, -0.25) is 44.5 Å². The van der Waals surface area contributed by atoms with Crippen molar-refractivity contribution in [2.24, 2.45) is 23.7 Å². The molecule has 378 valence electrons. The van der Waals surface area contributed by atoms with Gasteiger partial charge in [0.15, 0.2) is 0 Å². The SMILES string of the molecule is CC[C@H](C)[C@@H]([C@@H](CC(=O)N1CCC[C@H]1[C@H](OC)[C@@H](C)C(=O)N[C@@H](Cc1ccccc1)C(=O)NNC(=O)c1ccccc1)OC)N(C)C(=O)[C@@H](NC(=O)[C@H](C(C)C)N(C)C(=O)OC(C)(C)C)C(C)C. The highest BCUT2D eigenvalue weighted by molar-refractivity contribution is 5.96. The number of nitrogens with one attached hydrogen (secondary N) is 4. The molecule has 2 aromatic carbocycles. The van der Waals surface area contributed by atoms with Gasteiger partial charge < -0.3 is 34.6 Å². The molecule has 1 heterocycles. The third-order valence-electron chi connectivity index (χ3n) is 12.7. The van der Waals surface area contributed by atoms with Crippen LogP contribution in [0.2, 0.25) is 0 Å². The zero-order valence-corrected chi connectivity index (χ0v) is 42.8. The topological polar surface area (TPSA) is 205 Å². The second-order valence-electron chi connectivity index (χ2n) is 19.7. The average Bonchev–Trinajstić information content (AvgIpc) is 3.78. The summed E-state index contributed by atoms with van der Waals surface area (Å²) in [7, 11) is 6.16. The van der Waals surface area contributed by atoms with E-state index in [2.05, 4.69) is 21.5 Å². The van der Waals surface area contributed by atoms with Gasteiger partial charge in [0.2, 0.25) is 23.6 Å². The van der Waals surface area contributed by atoms with Crippen molar-refractivity contribution in [2.45, 2.75) is 149 Å². The summed E-state index contributed by atoms with van der Waals surface area (Å²) in [5.41, 5.74) is 5.25. The van der Waals surface area contributed by atoms with Crippen LogP contribution in [0, 0.1) is 23.7 Å². The first-order valence-electron chi connectivity index (χ1n) is 23.8. The Morgan fingerprint density at radius 1 is 0.765 bits per heavy atom. The van der Waals surface area contributed by atoms with E-state index < -0.39 is 83.7 Å². The molecule has 0 spiro atoms. The smallest absolute Gasteiger partial charge is 0.410 e. The van der Waals surface area contributed by atoms with E-state index in [9.17, 15) is 33.6 Å². The minimum absolute atomic E-state index is 0.0839. The van der Waals surface area contributed by atoms with Gasteiger partial charge in [-0.15, -0.1) is 0 Å². The first-order valence-corrected chi connectivity index (χ1v) is 23.8. The lowest BCUT2D eigenvalue weighted by Crippen LogP contribution is -2.60. The molecule has 7 amide bonds. The van der Waals surface area contributed by atoms with Crippen molar-refractivity contribution in [3.63, 3.8) is 0 Å². The van der Waals surface area contributed by atoms with Crippen LogP contribution in [0.25, 0.3) is 0 Å². The van der Waals surface area contributed by atoms with Crippen LogP contribution >= 0.6 is 0 Å². The van der Waals surface area contributed by atoms with Crippen LogP contribution in [-0.4, -0.2) is 139 Å². The van der Waals surface area contributed by atoms with Gasteiger partial charge in [0, 0.05) is 46.8 Å². The first kappa shape index (κ1) is 56.8. The summed E-state index contributed by atoms with van der Waals surface area (Å²) in [5.74, 6) is -4.32. The summed E-state index contributed by atoms with van der Waals surface area (Å²) in [6.45, 7) is 18.6. The van der Waals surface area contributed by atoms with Gasteiger partial charge in [-0.25, -0.2) is 4.79 Å². The number of amides is 7. The molecule has 0 bridgehead atoms. The highest BCUT2D eigenvalue weighted by Crippen LogP contribution is 2.30. The standard InChI is InChI=1S/C51H79N7O10/c1-15-33(6)43(56(11)49(64)41(31(2)3)53-48(63)42(32(4)5)57(12)50(65)68-51(8,9)10)39(66-13)30-40(59)58-28-22-27-38(58)44(67-14)34(7)45(60)52-37(29-35-23-18-16-19-24-35)47(62)55-54-46(61)36-25-20-17-21-26-36/h16-21,23-26,31-34,37-39,41-44H,15,22,27-30H2,1-14H3,(H,52,60)(H,53,63)(H,54,61)(H,55,62)/t33-,34+,37-,38-,39+,41-,42-,43-,44+/m0/s1. The maximum Gasteiger partial charge on any atom is 0.410 e. The molecule has 1 aliphatic heterocycles. The number of ether oxygens (including phenoxy) is 3. The number of hydrazine groups is 1. The number of methoxy groups -OCH3 is 2. The van der Waals surface area contributed by atoms with Crippen LogP contribution in [0.4, 0.5) is 4.79 Å². The van der Waals surface area contributed by atoms with Crippen LogP contribution in [0.15, 0.2) is 60.7 Å². The maximum atomic E-state index is 14.6. The molecule has 0 unspecified atom stereocenters. The molecule has 68 heavy (non-hydrogen) atoms. The zero-order valence-electron chi connectivity index (χ0n) is 42.8. The van der Waals surface area contributed by atoms with E-state index in [0.717, 1.165) is 5.56 Å². The number of hydrogen-bond donors (Lipinski definition) is 4. The van der Waals surface area contributed by atoms with Crippen molar-refractivity contribution >= 4 is 41.5 Å². The predicted molar refractivity (Wildman–Crippen MR) is 260 cm³/mol. The number of likely N-dealkylation sites (tertiary alicyclic amines) is 1. The van der Waals surface area contributed by atoms with Gasteiger partial charge in [0.05, 0.1) is 36.6 Å². The minimum atomic E-state index is -1.07. The number of likely N-dealkylation sites (N-methyl/N-ethyl adjacent to an activating group) is 2. The lowest BCUT2D eigenvalue weighted by molar-refractivity contribution is -0.148. The van der Waals surface area contributed by atoms with Gasteiger partial charge in [0.25, 0.3) is 11.8 Å². The fourth-order valence-corrected chi connectivity index (χ4v) is 8.88. The molecule has 17 heteroatoms. The molecule has 0 saturated carbocycles. The highest BCUT2D eigenvalue weighted by Gasteiger charge is 2.44. The number of hydrogen-bond acceptors (Lipinski definition) is 10. The Morgan fingerprint density at radius 3 is 1.90 bits per heavy atom. The zero-order chi connectivity index (χ0) is 51.0. The van der Waals surface area contributed by atoms with Gasteiger partial charge in [-0.05, 0) is 69.1 Å². The molecular formula is C51H79N7O10. The number of carbonyl (C=O) groups is 7. The van der Waals surface area contributed by atoms with Crippen molar-refractivity contribution < 1.29 is 47.8 Å². The summed E-state index contributed by atoms with van der Waals surface area (Å²) < 4.78 is 17.6. The Morgan fingerprint density at radius 2 is 1.37 bits per heavy atom. The van der Waals surface area contributed by atoms with Gasteiger partial charge in [-0.2, -0.15) is 0 Å². The van der Waals surface area contributed by atoms with Crippen LogP contribution in [-0.2, 0) is 44.6 Å². The van der Waals surface area contributed by atoms with E-state index in [0.29, 0.717) is 31.4 Å². The molecule has 0 aliphatic carbocycles. The molecule has 17 nitrogen and oxygen atoms in total. The lowest BCUT2D eigenvalue weighted by Gasteiger charge is -2.41. The third kappa shape index (κ3) is 15.8. The molecule has 1 aliphatic rings. The summed E-state index contributed by atoms with van der Waals surface area (Å²) in [5, 5.41) is 5.82. The number of benzene rings is 2. The fraction of sp³-hybridized carbons (Fsp3) is 0.627. The number of nitrogens with zero attached hydrogens (tertiary/aromatic N) is 3. The summed E-state index contributed by atoms with van der Waals surface area (Å²) in [6.07, 6.45) is -0.241. The summed E-state index contributed by atoms with van der Waals surface area (Å²) in [4.78, 5) is 101. The van der Waals surface area contributed by atoms with Gasteiger partial charge >= 0.3 is 6.09 Å². The first-order chi connectivity index (χ1) is 32.0.